The molecule has 2 amide bonds. The third-order valence-electron chi connectivity index (χ3n) is 7.97. The van der Waals surface area contributed by atoms with Gasteiger partial charge in [-0.25, -0.2) is 9.78 Å². The van der Waals surface area contributed by atoms with Crippen LogP contribution >= 0.6 is 7.92 Å². The van der Waals surface area contributed by atoms with Gasteiger partial charge < -0.3 is 26.1 Å². The number of anilines is 4. The van der Waals surface area contributed by atoms with Gasteiger partial charge in [0, 0.05) is 57.0 Å². The summed E-state index contributed by atoms with van der Waals surface area (Å²) in [5, 5.41) is 32.0. The first-order valence-corrected chi connectivity index (χ1v) is 18.3. The predicted molar refractivity (Wildman–Crippen MR) is 206 cm³/mol. The number of aromatic nitrogens is 4. The van der Waals surface area contributed by atoms with Crippen molar-refractivity contribution < 1.29 is 9.53 Å². The maximum Gasteiger partial charge on any atom is 0.324 e. The standard InChI is InChI=1S/C38H40N9O2P/c1-23-18-26(19-24-22-41-47-35(23)24)43-36-40-17-16-34(46-36)49-31-15-14-30(28-12-7-8-13-29(28)31)44-37(48)45-33(21-32(39)38(2,3)4)42-25-10-9-11-27(20-25)50(5)6/h7-22,39,42H,1-6H3,(H,41,47)(H,40,43,46)(H2,44,45,48)/b33-21+,39-32?. The third kappa shape index (κ3) is 8.07. The average Bonchev–Trinajstić information content (AvgIpc) is 3.55. The van der Waals surface area contributed by atoms with Gasteiger partial charge in [0.05, 0.1) is 17.4 Å². The van der Waals surface area contributed by atoms with Gasteiger partial charge in [0.2, 0.25) is 11.8 Å². The number of ether oxygens (including phenoxy) is 1. The number of carbonyl (C=O) groups excluding carboxylic acids is 1. The number of fused-ring (bicyclic) bond motifs is 2. The van der Waals surface area contributed by atoms with E-state index in [9.17, 15) is 4.79 Å². The van der Waals surface area contributed by atoms with Crippen molar-refractivity contribution in [3.05, 3.63) is 109 Å². The van der Waals surface area contributed by atoms with Crippen molar-refractivity contribution in [1.82, 2.24) is 25.5 Å². The fraction of sp³-hybridized carbons (Fsp3) is 0.184. The lowest BCUT2D eigenvalue weighted by atomic mass is 9.90. The number of urea groups is 1. The number of benzene rings is 4. The molecule has 50 heavy (non-hydrogen) atoms. The zero-order valence-corrected chi connectivity index (χ0v) is 29.7. The topological polar surface area (TPSA) is 153 Å². The van der Waals surface area contributed by atoms with E-state index in [1.807, 2.05) is 76.2 Å². The largest absolute Gasteiger partial charge is 0.438 e. The van der Waals surface area contributed by atoms with E-state index in [4.69, 9.17) is 10.1 Å². The fourth-order valence-electron chi connectivity index (χ4n) is 5.24. The maximum atomic E-state index is 13.5. The Hall–Kier alpha value is -5.80. The van der Waals surface area contributed by atoms with Crippen LogP contribution in [0.5, 0.6) is 11.6 Å². The molecule has 0 aliphatic carbocycles. The molecule has 2 heterocycles. The van der Waals surface area contributed by atoms with Gasteiger partial charge in [-0.15, -0.1) is 0 Å². The van der Waals surface area contributed by atoms with Gasteiger partial charge >= 0.3 is 6.03 Å². The lowest BCUT2D eigenvalue weighted by molar-refractivity contribution is 0.254. The van der Waals surface area contributed by atoms with Crippen molar-refractivity contribution in [2.75, 3.05) is 29.3 Å². The van der Waals surface area contributed by atoms with E-state index in [2.05, 4.69) is 66.9 Å². The first kappa shape index (κ1) is 34.1. The van der Waals surface area contributed by atoms with E-state index in [1.54, 1.807) is 36.7 Å². The molecule has 6 N–H and O–H groups in total. The summed E-state index contributed by atoms with van der Waals surface area (Å²) in [4.78, 5) is 22.4. The number of H-pyrrole nitrogens is 1. The molecule has 0 aliphatic rings. The van der Waals surface area contributed by atoms with E-state index in [0.29, 0.717) is 34.8 Å². The highest BCUT2D eigenvalue weighted by Gasteiger charge is 2.18. The van der Waals surface area contributed by atoms with E-state index in [1.165, 1.54) is 5.30 Å². The number of allylic oxidation sites excluding steroid dienone is 1. The molecule has 12 heteroatoms. The van der Waals surface area contributed by atoms with Crippen LogP contribution in [0.2, 0.25) is 0 Å². The first-order chi connectivity index (χ1) is 23.9. The molecular weight excluding hydrogens is 645 g/mol. The van der Waals surface area contributed by atoms with Crippen LogP contribution in [0.4, 0.5) is 27.8 Å². The van der Waals surface area contributed by atoms with Gasteiger partial charge in [0.15, 0.2) is 0 Å². The molecule has 2 aromatic heterocycles. The number of hydrogen-bond donors (Lipinski definition) is 6. The van der Waals surface area contributed by atoms with E-state index >= 15 is 0 Å². The second-order valence-corrected chi connectivity index (χ2v) is 15.4. The summed E-state index contributed by atoms with van der Waals surface area (Å²) in [5.74, 6) is 1.71. The van der Waals surface area contributed by atoms with Crippen LogP contribution in [0.15, 0.2) is 103 Å². The summed E-state index contributed by atoms with van der Waals surface area (Å²) >= 11 is 0. The van der Waals surface area contributed by atoms with Crippen LogP contribution in [0.3, 0.4) is 0 Å². The summed E-state index contributed by atoms with van der Waals surface area (Å²) in [5.41, 5.74) is 4.25. The van der Waals surface area contributed by atoms with E-state index < -0.39 is 11.4 Å². The Morgan fingerprint density at radius 3 is 2.52 bits per heavy atom. The average molecular weight is 686 g/mol. The Morgan fingerprint density at radius 1 is 0.940 bits per heavy atom. The minimum atomic E-state index is -0.455. The molecule has 0 fully saturated rings. The van der Waals surface area contributed by atoms with Crippen molar-refractivity contribution in [3.8, 4) is 11.6 Å². The maximum absolute atomic E-state index is 13.5. The number of amides is 2. The zero-order valence-electron chi connectivity index (χ0n) is 28.8. The van der Waals surface area contributed by atoms with Gasteiger partial charge in [0.25, 0.3) is 0 Å². The van der Waals surface area contributed by atoms with Crippen LogP contribution in [0.25, 0.3) is 21.7 Å². The SMILES string of the molecule is Cc1cc(Nc2nccc(Oc3ccc(NC(=O)N/C(=C/C(=N)C(C)(C)C)Nc4cccc(P(C)C)c4)c4ccccc34)n2)cc2cn[nH]c12. The van der Waals surface area contributed by atoms with Crippen LogP contribution in [-0.2, 0) is 0 Å². The molecule has 11 nitrogen and oxygen atoms in total. The van der Waals surface area contributed by atoms with Crippen LogP contribution < -0.4 is 31.3 Å². The predicted octanol–water partition coefficient (Wildman–Crippen LogP) is 8.86. The Kier molecular flexibility index (Phi) is 9.79. The number of nitrogens with zero attached hydrogens (tertiary/aromatic N) is 3. The Labute approximate surface area is 292 Å². The number of rotatable bonds is 10. The monoisotopic (exact) mass is 685 g/mol. The molecule has 6 rings (SSSR count). The molecule has 0 radical (unpaired) electrons. The van der Waals surface area contributed by atoms with Gasteiger partial charge in [-0.1, -0.05) is 65.1 Å². The van der Waals surface area contributed by atoms with E-state index in [-0.39, 0.29) is 7.92 Å². The second kappa shape index (κ2) is 14.4. The molecule has 0 saturated heterocycles. The minimum Gasteiger partial charge on any atom is -0.438 e. The highest BCUT2D eigenvalue weighted by atomic mass is 31.1. The number of carbonyl (C=O) groups is 1. The minimum absolute atomic E-state index is 0.301. The normalized spacial score (nSPS) is 11.9. The lowest BCUT2D eigenvalue weighted by Crippen LogP contribution is -2.33. The van der Waals surface area contributed by atoms with Gasteiger partial charge in [-0.05, 0) is 67.5 Å². The summed E-state index contributed by atoms with van der Waals surface area (Å²) < 4.78 is 6.27. The second-order valence-electron chi connectivity index (χ2n) is 13.1. The Balaban J connectivity index is 1.21. The van der Waals surface area contributed by atoms with Crippen LogP contribution in [-0.4, -0.2) is 45.2 Å². The van der Waals surface area contributed by atoms with Gasteiger partial charge in [-0.2, -0.15) is 10.1 Å². The quantitative estimate of drug-likeness (QED) is 0.0622. The summed E-state index contributed by atoms with van der Waals surface area (Å²) in [6.45, 7) is 12.3. The number of hydrogen-bond acceptors (Lipinski definition) is 8. The van der Waals surface area contributed by atoms with Crippen molar-refractivity contribution >= 4 is 69.7 Å². The lowest BCUT2D eigenvalue weighted by Gasteiger charge is -2.20. The highest BCUT2D eigenvalue weighted by molar-refractivity contribution is 7.64. The third-order valence-corrected chi connectivity index (χ3v) is 9.28. The Morgan fingerprint density at radius 2 is 1.74 bits per heavy atom. The number of aryl methyl sites for hydroxylation is 1. The summed E-state index contributed by atoms with van der Waals surface area (Å²) in [7, 11) is -0.301. The first-order valence-electron chi connectivity index (χ1n) is 16.1. The van der Waals surface area contributed by atoms with Crippen molar-refractivity contribution in [2.24, 2.45) is 5.41 Å². The molecule has 0 saturated carbocycles. The molecule has 0 unspecified atom stereocenters. The van der Waals surface area contributed by atoms with Gasteiger partial charge in [0.1, 0.15) is 11.6 Å². The highest BCUT2D eigenvalue weighted by Crippen LogP contribution is 2.34. The number of nitrogens with one attached hydrogen (secondary N) is 6. The van der Waals surface area contributed by atoms with Gasteiger partial charge in [-0.3, -0.25) is 10.4 Å². The molecule has 254 valence electrons. The molecule has 0 aliphatic heterocycles. The van der Waals surface area contributed by atoms with Crippen molar-refractivity contribution in [1.29, 1.82) is 5.41 Å². The summed E-state index contributed by atoms with van der Waals surface area (Å²) in [6.07, 6.45) is 5.07. The van der Waals surface area contributed by atoms with Crippen molar-refractivity contribution in [2.45, 2.75) is 27.7 Å². The molecule has 0 spiro atoms. The molecular formula is C38H40N9O2P. The molecule has 6 aromatic rings. The number of aromatic amines is 1. The molecule has 4 aromatic carbocycles. The van der Waals surface area contributed by atoms with Crippen LogP contribution in [0, 0.1) is 17.7 Å². The smallest absolute Gasteiger partial charge is 0.324 e. The molecule has 0 atom stereocenters. The molecule has 0 bridgehead atoms. The van der Waals surface area contributed by atoms with Crippen LogP contribution in [0.1, 0.15) is 26.3 Å². The van der Waals surface area contributed by atoms with Crippen molar-refractivity contribution in [3.63, 3.8) is 0 Å². The Bertz CT molecular complexity index is 2240. The zero-order chi connectivity index (χ0) is 35.4. The fourth-order valence-corrected chi connectivity index (χ4v) is 6.02. The summed E-state index contributed by atoms with van der Waals surface area (Å²) in [6, 6.07) is 24.6. The van der Waals surface area contributed by atoms with E-state index in [0.717, 1.165) is 38.6 Å².